The minimum atomic E-state index is -0.379. The predicted molar refractivity (Wildman–Crippen MR) is 91.7 cm³/mol. The molecule has 0 aliphatic heterocycles. The van der Waals surface area contributed by atoms with Crippen molar-refractivity contribution >= 4 is 22.5 Å². The van der Waals surface area contributed by atoms with Crippen molar-refractivity contribution in [2.75, 3.05) is 19.5 Å². The Morgan fingerprint density at radius 1 is 1.39 bits per heavy atom. The number of anilines is 1. The fourth-order valence-corrected chi connectivity index (χ4v) is 2.53. The summed E-state index contributed by atoms with van der Waals surface area (Å²) in [7, 11) is 1.64. The zero-order valence-electron chi connectivity index (χ0n) is 13.8. The van der Waals surface area contributed by atoms with Crippen LogP contribution in [-0.2, 0) is 11.3 Å². The maximum atomic E-state index is 12.7. The van der Waals surface area contributed by atoms with Crippen molar-refractivity contribution in [1.82, 2.24) is 9.88 Å². The molecule has 6 heteroatoms. The van der Waals surface area contributed by atoms with Gasteiger partial charge in [-0.1, -0.05) is 6.07 Å². The number of amides is 1. The van der Waals surface area contributed by atoms with E-state index in [4.69, 9.17) is 10.5 Å². The van der Waals surface area contributed by atoms with Crippen LogP contribution < -0.4 is 16.5 Å². The molecular formula is C17H23N3O3. The van der Waals surface area contributed by atoms with Crippen LogP contribution >= 0.6 is 0 Å². The van der Waals surface area contributed by atoms with Gasteiger partial charge in [0, 0.05) is 38.2 Å². The molecule has 1 heterocycles. The minimum Gasteiger partial charge on any atom is -0.398 e. The van der Waals surface area contributed by atoms with Gasteiger partial charge < -0.3 is 20.4 Å². The van der Waals surface area contributed by atoms with E-state index in [1.807, 2.05) is 24.5 Å². The monoisotopic (exact) mass is 317 g/mol. The molecule has 3 N–H and O–H groups in total. The van der Waals surface area contributed by atoms with Gasteiger partial charge in [0.1, 0.15) is 5.56 Å². The quantitative estimate of drug-likeness (QED) is 0.628. The van der Waals surface area contributed by atoms with E-state index in [-0.39, 0.29) is 22.9 Å². The molecule has 0 atom stereocenters. The smallest absolute Gasteiger partial charge is 0.256 e. The zero-order valence-corrected chi connectivity index (χ0v) is 13.8. The molecule has 6 nitrogen and oxygen atoms in total. The molecule has 1 aromatic carbocycles. The van der Waals surface area contributed by atoms with Crippen LogP contribution in [0.1, 0.15) is 30.6 Å². The summed E-state index contributed by atoms with van der Waals surface area (Å²) in [5.41, 5.74) is 6.87. The number of benzene rings is 1. The van der Waals surface area contributed by atoms with Crippen molar-refractivity contribution in [3.05, 3.63) is 40.2 Å². The highest BCUT2D eigenvalue weighted by atomic mass is 16.5. The van der Waals surface area contributed by atoms with Gasteiger partial charge in [0.05, 0.1) is 10.9 Å². The van der Waals surface area contributed by atoms with Gasteiger partial charge >= 0.3 is 0 Å². The average molecular weight is 317 g/mol. The van der Waals surface area contributed by atoms with Gasteiger partial charge in [-0.3, -0.25) is 9.59 Å². The summed E-state index contributed by atoms with van der Waals surface area (Å²) in [6.07, 6.45) is 2.38. The van der Waals surface area contributed by atoms with Gasteiger partial charge in [-0.05, 0) is 32.4 Å². The highest BCUT2D eigenvalue weighted by Crippen LogP contribution is 2.19. The number of nitrogen functional groups attached to an aromatic ring is 1. The molecule has 124 valence electrons. The van der Waals surface area contributed by atoms with E-state index in [1.54, 1.807) is 25.4 Å². The van der Waals surface area contributed by atoms with Gasteiger partial charge in [-0.25, -0.2) is 0 Å². The molecule has 1 amide bonds. The predicted octanol–water partition coefficient (Wildman–Crippen LogP) is 1.76. The first-order valence-corrected chi connectivity index (χ1v) is 7.67. The Kier molecular flexibility index (Phi) is 5.39. The van der Waals surface area contributed by atoms with Gasteiger partial charge in [0.25, 0.3) is 5.91 Å². The number of carbonyl (C=O) groups is 1. The van der Waals surface area contributed by atoms with Crippen LogP contribution in [0.4, 0.5) is 5.69 Å². The van der Waals surface area contributed by atoms with Gasteiger partial charge in [0.15, 0.2) is 0 Å². The number of rotatable bonds is 6. The number of nitrogens with one attached hydrogen (secondary N) is 1. The number of hydrogen-bond donors (Lipinski definition) is 2. The number of nitrogens with zero attached hydrogens (tertiary/aromatic N) is 1. The van der Waals surface area contributed by atoms with E-state index in [9.17, 15) is 9.59 Å². The Bertz CT molecular complexity index is 766. The van der Waals surface area contributed by atoms with E-state index in [2.05, 4.69) is 5.32 Å². The van der Waals surface area contributed by atoms with Crippen molar-refractivity contribution in [1.29, 1.82) is 0 Å². The summed E-state index contributed by atoms with van der Waals surface area (Å²) in [5, 5.41) is 3.15. The zero-order chi connectivity index (χ0) is 17.0. The largest absolute Gasteiger partial charge is 0.398 e. The molecule has 0 unspecified atom stereocenters. The first-order chi connectivity index (χ1) is 11.0. The lowest BCUT2D eigenvalue weighted by molar-refractivity contribution is 0.0941. The lowest BCUT2D eigenvalue weighted by Crippen LogP contribution is -2.34. The molecule has 1 aromatic heterocycles. The number of nitrogens with two attached hydrogens (primary N) is 1. The second-order valence-corrected chi connectivity index (χ2v) is 5.78. The van der Waals surface area contributed by atoms with Crippen LogP contribution in [0.2, 0.25) is 0 Å². The Morgan fingerprint density at radius 3 is 2.78 bits per heavy atom. The molecule has 0 spiro atoms. The second-order valence-electron chi connectivity index (χ2n) is 5.78. The highest BCUT2D eigenvalue weighted by Gasteiger charge is 2.17. The molecule has 0 fully saturated rings. The Labute approximate surface area is 135 Å². The van der Waals surface area contributed by atoms with E-state index in [0.29, 0.717) is 24.2 Å². The third-order valence-corrected chi connectivity index (χ3v) is 3.55. The number of ether oxygens (including phenoxy) is 1. The molecule has 0 radical (unpaired) electrons. The molecular weight excluding hydrogens is 294 g/mol. The van der Waals surface area contributed by atoms with Crippen LogP contribution in [0, 0.1) is 0 Å². The van der Waals surface area contributed by atoms with E-state index >= 15 is 0 Å². The highest BCUT2D eigenvalue weighted by molar-refractivity contribution is 6.00. The fraction of sp³-hybridized carbons (Fsp3) is 0.412. The molecule has 0 saturated carbocycles. The Balaban J connectivity index is 2.59. The first kappa shape index (κ1) is 17.0. The van der Waals surface area contributed by atoms with Crippen LogP contribution in [0.5, 0.6) is 0 Å². The summed E-state index contributed by atoms with van der Waals surface area (Å²) in [4.78, 5) is 25.0. The standard InChI is InChI=1S/C17H23N3O3/c1-11(2)19-17(22)12-10-20(8-5-9-23-3)14-7-4-6-13(18)15(14)16(12)21/h4,6-7,10-11H,5,8-9,18H2,1-3H3,(H,19,22). The lowest BCUT2D eigenvalue weighted by atomic mass is 10.1. The van der Waals surface area contributed by atoms with Gasteiger partial charge in [0.2, 0.25) is 5.43 Å². The number of pyridine rings is 1. The number of carbonyl (C=O) groups excluding carboxylic acids is 1. The summed E-state index contributed by atoms with van der Waals surface area (Å²) in [6, 6.07) is 5.27. The number of aryl methyl sites for hydroxylation is 1. The van der Waals surface area contributed by atoms with Crippen LogP contribution in [0.15, 0.2) is 29.2 Å². The van der Waals surface area contributed by atoms with Gasteiger partial charge in [-0.15, -0.1) is 0 Å². The number of hydrogen-bond acceptors (Lipinski definition) is 4. The molecule has 0 saturated heterocycles. The molecule has 2 rings (SSSR count). The Morgan fingerprint density at radius 2 is 2.13 bits per heavy atom. The summed E-state index contributed by atoms with van der Waals surface area (Å²) in [6.45, 7) is 4.94. The van der Waals surface area contributed by atoms with Crippen LogP contribution in [-0.4, -0.2) is 30.2 Å². The molecule has 0 bridgehead atoms. The lowest BCUT2D eigenvalue weighted by Gasteiger charge is -2.15. The first-order valence-electron chi connectivity index (χ1n) is 7.67. The third-order valence-electron chi connectivity index (χ3n) is 3.55. The normalized spacial score (nSPS) is 11.1. The van der Waals surface area contributed by atoms with Crippen LogP contribution in [0.3, 0.4) is 0 Å². The van der Waals surface area contributed by atoms with Crippen molar-refractivity contribution in [2.24, 2.45) is 0 Å². The van der Waals surface area contributed by atoms with Crippen molar-refractivity contribution in [3.8, 4) is 0 Å². The van der Waals surface area contributed by atoms with Gasteiger partial charge in [-0.2, -0.15) is 0 Å². The molecule has 0 aliphatic carbocycles. The van der Waals surface area contributed by atoms with Crippen molar-refractivity contribution in [2.45, 2.75) is 32.9 Å². The maximum absolute atomic E-state index is 12.7. The van der Waals surface area contributed by atoms with E-state index in [1.165, 1.54) is 0 Å². The topological polar surface area (TPSA) is 86.3 Å². The second kappa shape index (κ2) is 7.28. The summed E-state index contributed by atoms with van der Waals surface area (Å²) >= 11 is 0. The average Bonchev–Trinajstić information content (AvgIpc) is 2.48. The van der Waals surface area contributed by atoms with Crippen LogP contribution in [0.25, 0.3) is 10.9 Å². The number of aromatic nitrogens is 1. The number of fused-ring (bicyclic) bond motifs is 1. The Hall–Kier alpha value is -2.34. The SMILES string of the molecule is COCCCn1cc(C(=O)NC(C)C)c(=O)c2c(N)cccc21. The number of methoxy groups -OCH3 is 1. The van der Waals surface area contributed by atoms with Crippen molar-refractivity contribution in [3.63, 3.8) is 0 Å². The molecule has 2 aromatic rings. The third kappa shape index (κ3) is 3.71. The van der Waals surface area contributed by atoms with Crippen molar-refractivity contribution < 1.29 is 9.53 Å². The molecule has 0 aliphatic rings. The summed E-state index contributed by atoms with van der Waals surface area (Å²) < 4.78 is 6.96. The minimum absolute atomic E-state index is 0.0485. The summed E-state index contributed by atoms with van der Waals surface area (Å²) in [5.74, 6) is -0.379. The van der Waals surface area contributed by atoms with E-state index < -0.39 is 0 Å². The maximum Gasteiger partial charge on any atom is 0.256 e. The van der Waals surface area contributed by atoms with E-state index in [0.717, 1.165) is 11.9 Å². The molecule has 23 heavy (non-hydrogen) atoms. The fourth-order valence-electron chi connectivity index (χ4n) is 2.53.